The van der Waals surface area contributed by atoms with E-state index in [1.165, 1.54) is 0 Å². The van der Waals surface area contributed by atoms with Crippen LogP contribution in [0.1, 0.15) is 34.0 Å². The summed E-state index contributed by atoms with van der Waals surface area (Å²) in [7, 11) is 0. The first-order valence-corrected chi connectivity index (χ1v) is 6.68. The van der Waals surface area contributed by atoms with Gasteiger partial charge in [-0.25, -0.2) is 0 Å². The SMILES string of the molecule is CCOc1ccc(C(=O)c2ccccc2N)c(C)c1C. The largest absolute Gasteiger partial charge is 0.494 e. The lowest BCUT2D eigenvalue weighted by Crippen LogP contribution is -2.08. The molecule has 3 nitrogen and oxygen atoms in total. The molecule has 2 aromatic rings. The van der Waals surface area contributed by atoms with Crippen LogP contribution < -0.4 is 10.5 Å². The van der Waals surface area contributed by atoms with E-state index in [0.717, 1.165) is 16.9 Å². The monoisotopic (exact) mass is 269 g/mol. The molecule has 3 heteroatoms. The Kier molecular flexibility index (Phi) is 4.08. The van der Waals surface area contributed by atoms with Gasteiger partial charge in [0.2, 0.25) is 0 Å². The Morgan fingerprint density at radius 3 is 2.40 bits per heavy atom. The van der Waals surface area contributed by atoms with E-state index in [4.69, 9.17) is 10.5 Å². The standard InChI is InChI=1S/C17H19NO2/c1-4-20-16-10-9-13(11(2)12(16)3)17(19)14-7-5-6-8-15(14)18/h5-10H,4,18H2,1-3H3. The number of ketones is 1. The number of carbonyl (C=O) groups excluding carboxylic acids is 1. The minimum Gasteiger partial charge on any atom is -0.494 e. The van der Waals surface area contributed by atoms with Crippen molar-refractivity contribution >= 4 is 11.5 Å². The van der Waals surface area contributed by atoms with Crippen molar-refractivity contribution in [3.8, 4) is 5.75 Å². The second-order valence-corrected chi connectivity index (χ2v) is 4.71. The molecular weight excluding hydrogens is 250 g/mol. The average molecular weight is 269 g/mol. The van der Waals surface area contributed by atoms with Crippen LogP contribution in [0.4, 0.5) is 5.69 Å². The highest BCUT2D eigenvalue weighted by atomic mass is 16.5. The van der Waals surface area contributed by atoms with E-state index in [0.29, 0.717) is 23.4 Å². The molecule has 0 amide bonds. The molecule has 0 radical (unpaired) electrons. The number of nitrogens with two attached hydrogens (primary N) is 1. The molecule has 0 spiro atoms. The van der Waals surface area contributed by atoms with Gasteiger partial charge in [-0.2, -0.15) is 0 Å². The maximum absolute atomic E-state index is 12.6. The Balaban J connectivity index is 2.46. The molecule has 2 rings (SSSR count). The third kappa shape index (κ3) is 2.52. The maximum atomic E-state index is 12.6. The molecule has 104 valence electrons. The zero-order valence-electron chi connectivity index (χ0n) is 12.1. The lowest BCUT2D eigenvalue weighted by Gasteiger charge is -2.13. The topological polar surface area (TPSA) is 52.3 Å². The van der Waals surface area contributed by atoms with Gasteiger partial charge in [-0.1, -0.05) is 12.1 Å². The average Bonchev–Trinajstić information content (AvgIpc) is 2.44. The van der Waals surface area contributed by atoms with Gasteiger partial charge in [-0.3, -0.25) is 4.79 Å². The summed E-state index contributed by atoms with van der Waals surface area (Å²) in [5.74, 6) is 0.773. The minimum absolute atomic E-state index is 0.0493. The number of para-hydroxylation sites is 1. The third-order valence-electron chi connectivity index (χ3n) is 3.49. The molecule has 0 saturated heterocycles. The number of anilines is 1. The first-order valence-electron chi connectivity index (χ1n) is 6.68. The Bertz CT molecular complexity index is 647. The predicted octanol–water partition coefficient (Wildman–Crippen LogP) is 3.52. The van der Waals surface area contributed by atoms with Crippen molar-refractivity contribution in [1.82, 2.24) is 0 Å². The summed E-state index contributed by atoms with van der Waals surface area (Å²) in [5.41, 5.74) is 9.52. The molecule has 0 saturated carbocycles. The van der Waals surface area contributed by atoms with E-state index >= 15 is 0 Å². The van der Waals surface area contributed by atoms with Gasteiger partial charge in [0.05, 0.1) is 6.61 Å². The van der Waals surface area contributed by atoms with Crippen molar-refractivity contribution in [2.24, 2.45) is 0 Å². The zero-order chi connectivity index (χ0) is 14.7. The van der Waals surface area contributed by atoms with Crippen LogP contribution in [-0.4, -0.2) is 12.4 Å². The fourth-order valence-corrected chi connectivity index (χ4v) is 2.20. The lowest BCUT2D eigenvalue weighted by atomic mass is 9.95. The highest BCUT2D eigenvalue weighted by Crippen LogP contribution is 2.27. The van der Waals surface area contributed by atoms with Crippen LogP contribution in [0.2, 0.25) is 0 Å². The first-order chi connectivity index (χ1) is 9.56. The Labute approximate surface area is 119 Å². The number of carbonyl (C=O) groups is 1. The molecule has 0 bridgehead atoms. The molecule has 0 aliphatic heterocycles. The van der Waals surface area contributed by atoms with Crippen LogP contribution in [0.25, 0.3) is 0 Å². The van der Waals surface area contributed by atoms with Gasteiger partial charge in [0.25, 0.3) is 0 Å². The van der Waals surface area contributed by atoms with Gasteiger partial charge in [0, 0.05) is 16.8 Å². The van der Waals surface area contributed by atoms with Gasteiger partial charge < -0.3 is 10.5 Å². The normalized spacial score (nSPS) is 10.3. The number of nitrogen functional groups attached to an aromatic ring is 1. The van der Waals surface area contributed by atoms with Gasteiger partial charge in [0.15, 0.2) is 5.78 Å². The van der Waals surface area contributed by atoms with Crippen LogP contribution in [0, 0.1) is 13.8 Å². The molecular formula is C17H19NO2. The number of hydrogen-bond donors (Lipinski definition) is 1. The first kappa shape index (κ1) is 14.1. The number of benzene rings is 2. The smallest absolute Gasteiger partial charge is 0.195 e. The van der Waals surface area contributed by atoms with Gasteiger partial charge in [0.1, 0.15) is 5.75 Å². The number of rotatable bonds is 4. The summed E-state index contributed by atoms with van der Waals surface area (Å²) in [4.78, 5) is 12.6. The maximum Gasteiger partial charge on any atom is 0.195 e. The molecule has 2 aromatic carbocycles. The highest BCUT2D eigenvalue weighted by Gasteiger charge is 2.16. The lowest BCUT2D eigenvalue weighted by molar-refractivity contribution is 0.103. The molecule has 0 unspecified atom stereocenters. The summed E-state index contributed by atoms with van der Waals surface area (Å²) >= 11 is 0. The fraction of sp³-hybridized carbons (Fsp3) is 0.235. The summed E-state index contributed by atoms with van der Waals surface area (Å²) in [5, 5.41) is 0. The molecule has 0 aliphatic rings. The van der Waals surface area contributed by atoms with Gasteiger partial charge in [-0.05, 0) is 56.2 Å². The summed E-state index contributed by atoms with van der Waals surface area (Å²) in [6, 6.07) is 10.8. The quantitative estimate of drug-likeness (QED) is 0.682. The van der Waals surface area contributed by atoms with E-state index in [1.807, 2.05) is 45.0 Å². The summed E-state index contributed by atoms with van der Waals surface area (Å²) < 4.78 is 5.55. The van der Waals surface area contributed by atoms with Crippen LogP contribution in [0.3, 0.4) is 0 Å². The Morgan fingerprint density at radius 2 is 1.75 bits per heavy atom. The molecule has 0 aliphatic carbocycles. The second kappa shape index (κ2) is 5.78. The molecule has 0 fully saturated rings. The van der Waals surface area contributed by atoms with Crippen molar-refractivity contribution in [3.05, 3.63) is 58.7 Å². The van der Waals surface area contributed by atoms with E-state index in [-0.39, 0.29) is 5.78 Å². The molecule has 2 N–H and O–H groups in total. The van der Waals surface area contributed by atoms with Crippen molar-refractivity contribution in [2.75, 3.05) is 12.3 Å². The van der Waals surface area contributed by atoms with E-state index in [9.17, 15) is 4.79 Å². The number of ether oxygens (including phenoxy) is 1. The Morgan fingerprint density at radius 1 is 1.05 bits per heavy atom. The van der Waals surface area contributed by atoms with Crippen LogP contribution in [0.15, 0.2) is 36.4 Å². The van der Waals surface area contributed by atoms with Crippen molar-refractivity contribution in [2.45, 2.75) is 20.8 Å². The molecule has 0 aromatic heterocycles. The zero-order valence-corrected chi connectivity index (χ0v) is 12.1. The summed E-state index contributed by atoms with van der Waals surface area (Å²) in [6.45, 7) is 6.45. The predicted molar refractivity (Wildman–Crippen MR) is 81.4 cm³/mol. The summed E-state index contributed by atoms with van der Waals surface area (Å²) in [6.07, 6.45) is 0. The van der Waals surface area contributed by atoms with E-state index < -0.39 is 0 Å². The van der Waals surface area contributed by atoms with Crippen molar-refractivity contribution in [1.29, 1.82) is 0 Å². The molecule has 0 heterocycles. The van der Waals surface area contributed by atoms with Crippen LogP contribution >= 0.6 is 0 Å². The van der Waals surface area contributed by atoms with E-state index in [1.54, 1.807) is 12.1 Å². The van der Waals surface area contributed by atoms with E-state index in [2.05, 4.69) is 0 Å². The molecule has 0 atom stereocenters. The van der Waals surface area contributed by atoms with Crippen LogP contribution in [-0.2, 0) is 0 Å². The van der Waals surface area contributed by atoms with Crippen molar-refractivity contribution in [3.63, 3.8) is 0 Å². The highest BCUT2D eigenvalue weighted by molar-refractivity contribution is 6.13. The molecule has 20 heavy (non-hydrogen) atoms. The van der Waals surface area contributed by atoms with Crippen molar-refractivity contribution < 1.29 is 9.53 Å². The van der Waals surface area contributed by atoms with Crippen LogP contribution in [0.5, 0.6) is 5.75 Å². The Hall–Kier alpha value is -2.29. The fourth-order valence-electron chi connectivity index (χ4n) is 2.20. The number of hydrogen-bond acceptors (Lipinski definition) is 3. The van der Waals surface area contributed by atoms with Gasteiger partial charge in [-0.15, -0.1) is 0 Å². The second-order valence-electron chi connectivity index (χ2n) is 4.71. The van der Waals surface area contributed by atoms with Gasteiger partial charge >= 0.3 is 0 Å². The minimum atomic E-state index is -0.0493. The third-order valence-corrected chi connectivity index (χ3v) is 3.49.